The molecule has 0 saturated carbocycles. The lowest BCUT2D eigenvalue weighted by Crippen LogP contribution is -2.05. The van der Waals surface area contributed by atoms with Crippen LogP contribution in [0.1, 0.15) is 29.6 Å². The predicted molar refractivity (Wildman–Crippen MR) is 81.6 cm³/mol. The third-order valence-electron chi connectivity index (χ3n) is 3.22. The average Bonchev–Trinajstić information content (AvgIpc) is 2.96. The molecule has 1 atom stereocenters. The van der Waals surface area contributed by atoms with Crippen molar-refractivity contribution in [3.05, 3.63) is 52.7 Å². The molecule has 0 fully saturated rings. The molecule has 5 heteroatoms. The highest BCUT2D eigenvalue weighted by Gasteiger charge is 2.17. The monoisotopic (exact) mass is 308 g/mol. The van der Waals surface area contributed by atoms with Crippen LogP contribution in [0.2, 0.25) is 5.02 Å². The Bertz CT molecular complexity index is 758. The van der Waals surface area contributed by atoms with Crippen molar-refractivity contribution in [2.75, 3.05) is 0 Å². The maximum absolute atomic E-state index is 6.25. The number of aromatic nitrogens is 2. The molecule has 1 aromatic carbocycles. The van der Waals surface area contributed by atoms with Crippen molar-refractivity contribution in [3.8, 4) is 0 Å². The minimum Gasteiger partial charge on any atom is -0.464 e. The topological polar surface area (TPSA) is 31.0 Å². The van der Waals surface area contributed by atoms with E-state index in [1.165, 1.54) is 0 Å². The van der Waals surface area contributed by atoms with Crippen molar-refractivity contribution in [3.63, 3.8) is 0 Å². The zero-order valence-corrected chi connectivity index (χ0v) is 12.7. The number of hydrogen-bond acceptors (Lipinski definition) is 2. The summed E-state index contributed by atoms with van der Waals surface area (Å²) in [5.41, 5.74) is 1.74. The highest BCUT2D eigenvalue weighted by molar-refractivity contribution is 6.35. The van der Waals surface area contributed by atoms with Crippen LogP contribution in [0.5, 0.6) is 0 Å². The van der Waals surface area contributed by atoms with Gasteiger partial charge in [0.25, 0.3) is 0 Å². The first-order valence-electron chi connectivity index (χ1n) is 6.40. The van der Waals surface area contributed by atoms with Crippen molar-refractivity contribution in [2.45, 2.75) is 25.8 Å². The van der Waals surface area contributed by atoms with E-state index in [1.807, 2.05) is 44.2 Å². The summed E-state index contributed by atoms with van der Waals surface area (Å²) in [6.45, 7) is 4.43. The van der Waals surface area contributed by atoms with E-state index in [-0.39, 0.29) is 5.38 Å². The van der Waals surface area contributed by atoms with Crippen molar-refractivity contribution in [2.24, 2.45) is 0 Å². The maximum atomic E-state index is 6.25. The number of furan rings is 1. The van der Waals surface area contributed by atoms with Crippen LogP contribution in [0.4, 0.5) is 0 Å². The van der Waals surface area contributed by atoms with Crippen LogP contribution in [-0.4, -0.2) is 9.55 Å². The summed E-state index contributed by atoms with van der Waals surface area (Å²) < 4.78 is 7.70. The van der Waals surface area contributed by atoms with Gasteiger partial charge in [0.15, 0.2) is 0 Å². The molecule has 1 unspecified atom stereocenters. The fraction of sp³-hybridized carbons (Fsp3) is 0.267. The number of imidazole rings is 1. The van der Waals surface area contributed by atoms with E-state index >= 15 is 0 Å². The van der Waals surface area contributed by atoms with E-state index in [0.29, 0.717) is 11.6 Å². The molecule has 0 bridgehead atoms. The molecule has 2 heterocycles. The molecular weight excluding hydrogens is 295 g/mol. The zero-order chi connectivity index (χ0) is 14.3. The first-order valence-corrected chi connectivity index (χ1v) is 7.21. The van der Waals surface area contributed by atoms with Crippen molar-refractivity contribution < 1.29 is 4.42 Å². The number of benzene rings is 1. The summed E-state index contributed by atoms with van der Waals surface area (Å²) in [6.07, 6.45) is 0. The lowest BCUT2D eigenvalue weighted by atomic mass is 10.3. The van der Waals surface area contributed by atoms with Crippen LogP contribution in [0, 0.1) is 6.92 Å². The fourth-order valence-corrected chi connectivity index (χ4v) is 2.70. The molecule has 104 valence electrons. The van der Waals surface area contributed by atoms with E-state index in [4.69, 9.17) is 27.6 Å². The van der Waals surface area contributed by atoms with Crippen molar-refractivity contribution in [1.29, 1.82) is 0 Å². The Hall–Kier alpha value is -1.45. The van der Waals surface area contributed by atoms with Crippen molar-refractivity contribution in [1.82, 2.24) is 9.55 Å². The van der Waals surface area contributed by atoms with Gasteiger partial charge in [0, 0.05) is 0 Å². The van der Waals surface area contributed by atoms with E-state index in [9.17, 15) is 0 Å². The Morgan fingerprint density at radius 2 is 2.10 bits per heavy atom. The van der Waals surface area contributed by atoms with Gasteiger partial charge in [0.1, 0.15) is 22.9 Å². The minimum atomic E-state index is -0.200. The van der Waals surface area contributed by atoms with Crippen LogP contribution in [0.25, 0.3) is 11.0 Å². The lowest BCUT2D eigenvalue weighted by Gasteiger charge is -2.08. The smallest absolute Gasteiger partial charge is 0.128 e. The average molecular weight is 309 g/mol. The summed E-state index contributed by atoms with van der Waals surface area (Å²) in [5.74, 6) is 2.56. The molecule has 0 aliphatic rings. The SMILES string of the molecule is Cc1ccc(Cn2c(C(C)Cl)nc3c(Cl)cccc32)o1. The number of hydrogen-bond donors (Lipinski definition) is 0. The van der Waals surface area contributed by atoms with Gasteiger partial charge in [-0.25, -0.2) is 4.98 Å². The Kier molecular flexibility index (Phi) is 3.48. The Labute approximate surface area is 127 Å². The molecule has 3 nitrogen and oxygen atoms in total. The van der Waals surface area contributed by atoms with Gasteiger partial charge >= 0.3 is 0 Å². The largest absolute Gasteiger partial charge is 0.464 e. The number of nitrogens with zero attached hydrogens (tertiary/aromatic N) is 2. The molecular formula is C15H14Cl2N2O. The number of halogens is 2. The fourth-order valence-electron chi connectivity index (χ4n) is 2.33. The molecule has 0 aliphatic heterocycles. The molecule has 0 radical (unpaired) electrons. The summed E-state index contributed by atoms with van der Waals surface area (Å²) in [4.78, 5) is 4.57. The Morgan fingerprint density at radius 3 is 2.75 bits per heavy atom. The molecule has 0 spiro atoms. The molecule has 0 saturated heterocycles. The Morgan fingerprint density at radius 1 is 1.30 bits per heavy atom. The first-order chi connectivity index (χ1) is 9.56. The van der Waals surface area contributed by atoms with Gasteiger partial charge in [-0.15, -0.1) is 11.6 Å². The Balaban J connectivity index is 2.16. The standard InChI is InChI=1S/C15H14Cl2N2O/c1-9-6-7-11(20-9)8-19-13-5-3-4-12(17)14(13)18-15(19)10(2)16/h3-7,10H,8H2,1-2H3. The second-order valence-corrected chi connectivity index (χ2v) is 5.85. The number of para-hydroxylation sites is 1. The summed E-state index contributed by atoms with van der Waals surface area (Å²) in [5, 5.41) is 0.435. The molecule has 20 heavy (non-hydrogen) atoms. The summed E-state index contributed by atoms with van der Waals surface area (Å²) in [6, 6.07) is 9.66. The molecule has 3 rings (SSSR count). The van der Waals surface area contributed by atoms with Crippen LogP contribution in [0.3, 0.4) is 0 Å². The van der Waals surface area contributed by atoms with E-state index in [0.717, 1.165) is 28.4 Å². The van der Waals surface area contributed by atoms with E-state index in [1.54, 1.807) is 0 Å². The number of fused-ring (bicyclic) bond motifs is 1. The van der Waals surface area contributed by atoms with Crippen LogP contribution < -0.4 is 0 Å². The van der Waals surface area contributed by atoms with Gasteiger partial charge in [0.2, 0.25) is 0 Å². The second-order valence-electron chi connectivity index (χ2n) is 4.79. The third-order valence-corrected chi connectivity index (χ3v) is 3.73. The van der Waals surface area contributed by atoms with Gasteiger partial charge in [-0.3, -0.25) is 0 Å². The van der Waals surface area contributed by atoms with Gasteiger partial charge in [-0.05, 0) is 38.1 Å². The second kappa shape index (κ2) is 5.15. The van der Waals surface area contributed by atoms with E-state index in [2.05, 4.69) is 9.55 Å². The number of aryl methyl sites for hydroxylation is 1. The van der Waals surface area contributed by atoms with Gasteiger partial charge in [0.05, 0.1) is 22.5 Å². The van der Waals surface area contributed by atoms with E-state index < -0.39 is 0 Å². The minimum absolute atomic E-state index is 0.200. The zero-order valence-electron chi connectivity index (χ0n) is 11.2. The number of alkyl halides is 1. The summed E-state index contributed by atoms with van der Waals surface area (Å²) >= 11 is 12.5. The first kappa shape index (κ1) is 13.5. The van der Waals surface area contributed by atoms with Crippen LogP contribution >= 0.6 is 23.2 Å². The molecule has 3 aromatic rings. The maximum Gasteiger partial charge on any atom is 0.128 e. The lowest BCUT2D eigenvalue weighted by molar-refractivity contribution is 0.469. The number of rotatable bonds is 3. The highest BCUT2D eigenvalue weighted by Crippen LogP contribution is 2.29. The van der Waals surface area contributed by atoms with Crippen LogP contribution in [-0.2, 0) is 6.54 Å². The molecule has 0 aliphatic carbocycles. The quantitative estimate of drug-likeness (QED) is 0.642. The third kappa shape index (κ3) is 2.32. The normalized spacial score (nSPS) is 13.0. The summed E-state index contributed by atoms with van der Waals surface area (Å²) in [7, 11) is 0. The predicted octanol–water partition coefficient (Wildman–Crippen LogP) is 4.94. The van der Waals surface area contributed by atoms with Gasteiger partial charge in [-0.1, -0.05) is 17.7 Å². The van der Waals surface area contributed by atoms with Crippen molar-refractivity contribution >= 4 is 34.2 Å². The molecule has 0 N–H and O–H groups in total. The highest BCUT2D eigenvalue weighted by atomic mass is 35.5. The molecule has 0 amide bonds. The van der Waals surface area contributed by atoms with Gasteiger partial charge < -0.3 is 8.98 Å². The molecule has 2 aromatic heterocycles. The van der Waals surface area contributed by atoms with Crippen LogP contribution in [0.15, 0.2) is 34.7 Å². The van der Waals surface area contributed by atoms with Gasteiger partial charge in [-0.2, -0.15) is 0 Å².